The lowest BCUT2D eigenvalue weighted by Gasteiger charge is -2.38. The summed E-state index contributed by atoms with van der Waals surface area (Å²) in [5.74, 6) is 0.0461. The molecule has 0 bridgehead atoms. The van der Waals surface area contributed by atoms with Gasteiger partial charge in [0.05, 0.1) is 11.5 Å². The maximum absolute atomic E-state index is 12.9. The zero-order chi connectivity index (χ0) is 24.1. The summed E-state index contributed by atoms with van der Waals surface area (Å²) in [5, 5.41) is 10.0. The quantitative estimate of drug-likeness (QED) is 0.559. The van der Waals surface area contributed by atoms with E-state index in [4.69, 9.17) is 9.47 Å². The van der Waals surface area contributed by atoms with Crippen molar-refractivity contribution in [1.29, 1.82) is 5.26 Å². The number of amides is 1. The summed E-state index contributed by atoms with van der Waals surface area (Å²) in [6.45, 7) is 3.25. The molecular weight excluding hydrogens is 430 g/mol. The summed E-state index contributed by atoms with van der Waals surface area (Å²) in [5.41, 5.74) is 0.0177. The van der Waals surface area contributed by atoms with Crippen molar-refractivity contribution in [3.05, 3.63) is 59.7 Å². The van der Waals surface area contributed by atoms with Crippen LogP contribution < -0.4 is 9.47 Å². The van der Waals surface area contributed by atoms with Gasteiger partial charge in [-0.05, 0) is 56.9 Å². The lowest BCUT2D eigenvalue weighted by Crippen LogP contribution is -2.46. The largest absolute Gasteiger partial charge is 0.485 e. The molecule has 1 amide bonds. The third kappa shape index (κ3) is 6.35. The van der Waals surface area contributed by atoms with Gasteiger partial charge in [-0.2, -0.15) is 14.0 Å². The van der Waals surface area contributed by atoms with Gasteiger partial charge in [0, 0.05) is 13.1 Å². The minimum absolute atomic E-state index is 0.0936. The Bertz CT molecular complexity index is 992. The van der Waals surface area contributed by atoms with Crippen LogP contribution in [0.25, 0.3) is 0 Å². The Labute approximate surface area is 192 Å². The van der Waals surface area contributed by atoms with Crippen LogP contribution in [0.3, 0.4) is 0 Å². The lowest BCUT2D eigenvalue weighted by atomic mass is 9.74. The van der Waals surface area contributed by atoms with E-state index in [1.54, 1.807) is 37.8 Å². The van der Waals surface area contributed by atoms with E-state index in [1.807, 2.05) is 30.3 Å². The number of carbonyl (C=O) groups excluding carboxylic acids is 1. The number of hydrogen-bond acceptors (Lipinski definition) is 5. The van der Waals surface area contributed by atoms with E-state index in [0.717, 1.165) is 5.56 Å². The van der Waals surface area contributed by atoms with Gasteiger partial charge < -0.3 is 19.1 Å². The molecule has 0 unspecified atom stereocenters. The second-order valence-electron chi connectivity index (χ2n) is 8.98. The standard InChI is InChI=1S/C25H28F2N2O4/c1-24(2,3)33-23(30)29-13-11-25(17-28,12-14-29)19-9-10-20(32-22(26)27)21(15-19)31-16-18-7-5-4-6-8-18/h4-10,15,22H,11-14,16H2,1-3H3. The molecule has 2 aromatic rings. The fourth-order valence-electron chi connectivity index (χ4n) is 3.71. The molecule has 0 saturated carbocycles. The molecule has 1 saturated heterocycles. The Morgan fingerprint density at radius 2 is 1.79 bits per heavy atom. The molecule has 0 atom stereocenters. The van der Waals surface area contributed by atoms with E-state index >= 15 is 0 Å². The molecular formula is C25H28F2N2O4. The Hall–Kier alpha value is -3.34. The van der Waals surface area contributed by atoms with Crippen LogP contribution in [0.2, 0.25) is 0 Å². The summed E-state index contributed by atoms with van der Waals surface area (Å²) in [6.07, 6.45) is 0.354. The number of likely N-dealkylation sites (tertiary alicyclic amines) is 1. The maximum Gasteiger partial charge on any atom is 0.410 e. The van der Waals surface area contributed by atoms with Crippen LogP contribution in [0.15, 0.2) is 48.5 Å². The number of nitriles is 1. The zero-order valence-corrected chi connectivity index (χ0v) is 19.0. The van der Waals surface area contributed by atoms with Gasteiger partial charge in [-0.3, -0.25) is 0 Å². The van der Waals surface area contributed by atoms with Crippen molar-refractivity contribution in [3.8, 4) is 17.6 Å². The first kappa shape index (κ1) is 24.3. The van der Waals surface area contributed by atoms with E-state index in [2.05, 4.69) is 10.8 Å². The van der Waals surface area contributed by atoms with Crippen molar-refractivity contribution < 1.29 is 27.8 Å². The van der Waals surface area contributed by atoms with E-state index in [-0.39, 0.29) is 18.1 Å². The average Bonchev–Trinajstić information content (AvgIpc) is 2.77. The lowest BCUT2D eigenvalue weighted by molar-refractivity contribution is -0.0516. The first-order valence-corrected chi connectivity index (χ1v) is 10.8. The molecule has 1 aliphatic rings. The third-order valence-electron chi connectivity index (χ3n) is 5.43. The van der Waals surface area contributed by atoms with Crippen LogP contribution in [-0.4, -0.2) is 36.3 Å². The molecule has 0 N–H and O–H groups in total. The molecule has 8 heteroatoms. The normalized spacial score (nSPS) is 15.6. The molecule has 33 heavy (non-hydrogen) atoms. The second kappa shape index (κ2) is 10.1. The Morgan fingerprint density at radius 3 is 2.36 bits per heavy atom. The topological polar surface area (TPSA) is 71.8 Å². The molecule has 2 aromatic carbocycles. The van der Waals surface area contributed by atoms with Crippen molar-refractivity contribution in [3.63, 3.8) is 0 Å². The fraction of sp³-hybridized carbons (Fsp3) is 0.440. The second-order valence-corrected chi connectivity index (χ2v) is 8.98. The highest BCUT2D eigenvalue weighted by molar-refractivity contribution is 5.68. The summed E-state index contributed by atoms with van der Waals surface area (Å²) in [7, 11) is 0. The Morgan fingerprint density at radius 1 is 1.12 bits per heavy atom. The molecule has 3 rings (SSSR count). The predicted octanol–water partition coefficient (Wildman–Crippen LogP) is 5.66. The number of hydrogen-bond donors (Lipinski definition) is 0. The molecule has 6 nitrogen and oxygen atoms in total. The summed E-state index contributed by atoms with van der Waals surface area (Å²) in [4.78, 5) is 14.0. The predicted molar refractivity (Wildman–Crippen MR) is 118 cm³/mol. The van der Waals surface area contributed by atoms with Crippen LogP contribution in [0, 0.1) is 11.3 Å². The Balaban J connectivity index is 1.80. The molecule has 0 aromatic heterocycles. The molecule has 0 aliphatic carbocycles. The van der Waals surface area contributed by atoms with Crippen LogP contribution in [-0.2, 0) is 16.8 Å². The molecule has 1 heterocycles. The van der Waals surface area contributed by atoms with E-state index < -0.39 is 23.7 Å². The summed E-state index contributed by atoms with van der Waals surface area (Å²) in [6, 6.07) is 16.3. The van der Waals surface area contributed by atoms with Gasteiger partial charge in [0.25, 0.3) is 0 Å². The molecule has 176 valence electrons. The van der Waals surface area contributed by atoms with Crippen molar-refractivity contribution in [2.45, 2.75) is 57.8 Å². The zero-order valence-electron chi connectivity index (χ0n) is 19.0. The number of carbonyl (C=O) groups is 1. The van der Waals surface area contributed by atoms with Crippen molar-refractivity contribution in [2.75, 3.05) is 13.1 Å². The number of benzene rings is 2. The first-order valence-electron chi connectivity index (χ1n) is 10.8. The molecule has 0 radical (unpaired) electrons. The molecule has 1 aliphatic heterocycles. The number of ether oxygens (including phenoxy) is 3. The van der Waals surface area contributed by atoms with Crippen LogP contribution in [0.5, 0.6) is 11.5 Å². The van der Waals surface area contributed by atoms with Crippen LogP contribution in [0.1, 0.15) is 44.7 Å². The van der Waals surface area contributed by atoms with Gasteiger partial charge in [0.1, 0.15) is 12.2 Å². The van der Waals surface area contributed by atoms with Gasteiger partial charge in [-0.15, -0.1) is 0 Å². The highest BCUT2D eigenvalue weighted by atomic mass is 19.3. The number of halogens is 2. The average molecular weight is 459 g/mol. The smallest absolute Gasteiger partial charge is 0.410 e. The first-order chi connectivity index (χ1) is 15.6. The van der Waals surface area contributed by atoms with E-state index in [0.29, 0.717) is 31.5 Å². The van der Waals surface area contributed by atoms with Gasteiger partial charge in [0.2, 0.25) is 0 Å². The monoisotopic (exact) mass is 458 g/mol. The fourth-order valence-corrected chi connectivity index (χ4v) is 3.71. The minimum atomic E-state index is -3.00. The number of rotatable bonds is 6. The summed E-state index contributed by atoms with van der Waals surface area (Å²) < 4.78 is 41.7. The van der Waals surface area contributed by atoms with Gasteiger partial charge in [-0.1, -0.05) is 36.4 Å². The van der Waals surface area contributed by atoms with Crippen molar-refractivity contribution in [1.82, 2.24) is 4.90 Å². The highest BCUT2D eigenvalue weighted by Gasteiger charge is 2.39. The van der Waals surface area contributed by atoms with E-state index in [1.165, 1.54) is 6.07 Å². The van der Waals surface area contributed by atoms with Gasteiger partial charge in [0.15, 0.2) is 11.5 Å². The minimum Gasteiger partial charge on any atom is -0.485 e. The van der Waals surface area contributed by atoms with Gasteiger partial charge >= 0.3 is 12.7 Å². The summed E-state index contributed by atoms with van der Waals surface area (Å²) >= 11 is 0. The molecule has 1 fully saturated rings. The highest BCUT2D eigenvalue weighted by Crippen LogP contribution is 2.40. The molecule has 0 spiro atoms. The van der Waals surface area contributed by atoms with Crippen molar-refractivity contribution in [2.24, 2.45) is 0 Å². The van der Waals surface area contributed by atoms with Gasteiger partial charge in [-0.25, -0.2) is 4.79 Å². The van der Waals surface area contributed by atoms with Crippen LogP contribution in [0.4, 0.5) is 13.6 Å². The van der Waals surface area contributed by atoms with Crippen LogP contribution >= 0.6 is 0 Å². The number of piperidine rings is 1. The maximum atomic E-state index is 12.9. The van der Waals surface area contributed by atoms with Crippen molar-refractivity contribution >= 4 is 6.09 Å². The number of nitrogens with zero attached hydrogens (tertiary/aromatic N) is 2. The Kier molecular flexibility index (Phi) is 7.42. The number of alkyl halides is 2. The SMILES string of the molecule is CC(C)(C)OC(=O)N1CCC(C#N)(c2ccc(OC(F)F)c(OCc3ccccc3)c2)CC1. The van der Waals surface area contributed by atoms with E-state index in [9.17, 15) is 18.8 Å². The third-order valence-corrected chi connectivity index (χ3v) is 5.43.